The van der Waals surface area contributed by atoms with Crippen LogP contribution in [0.1, 0.15) is 12.0 Å². The van der Waals surface area contributed by atoms with Crippen molar-refractivity contribution in [2.75, 3.05) is 12.3 Å². The third-order valence-electron chi connectivity index (χ3n) is 2.60. The fourth-order valence-electron chi connectivity index (χ4n) is 1.90. The number of aryl methyl sites for hydroxylation is 1. The normalized spacial score (nSPS) is 14.2. The first-order chi connectivity index (χ1) is 7.84. The van der Waals surface area contributed by atoms with Crippen molar-refractivity contribution in [2.24, 2.45) is 0 Å². The summed E-state index contributed by atoms with van der Waals surface area (Å²) in [6.45, 7) is 0.730. The van der Waals surface area contributed by atoms with E-state index in [1.54, 1.807) is 0 Å². The molecule has 1 aromatic carbocycles. The number of aromatic nitrogens is 2. The van der Waals surface area contributed by atoms with Crippen LogP contribution in [0.4, 0.5) is 6.01 Å². The summed E-state index contributed by atoms with van der Waals surface area (Å²) in [5, 5.41) is 7.52. The Morgan fingerprint density at radius 1 is 1.25 bits per heavy atom. The molecular formula is C11H11N3O2. The fourth-order valence-corrected chi connectivity index (χ4v) is 1.90. The van der Waals surface area contributed by atoms with Crippen molar-refractivity contribution in [3.8, 4) is 17.2 Å². The summed E-state index contributed by atoms with van der Waals surface area (Å²) in [5.74, 6) is 1.26. The fraction of sp³-hybridized carbons (Fsp3) is 0.273. The molecule has 2 heterocycles. The van der Waals surface area contributed by atoms with Crippen molar-refractivity contribution in [3.63, 3.8) is 0 Å². The lowest BCUT2D eigenvalue weighted by atomic mass is 10.0. The number of anilines is 1. The van der Waals surface area contributed by atoms with Crippen LogP contribution in [0.3, 0.4) is 0 Å². The molecule has 5 nitrogen and oxygen atoms in total. The molecule has 2 N–H and O–H groups in total. The Bertz CT molecular complexity index is 522. The number of benzene rings is 1. The minimum absolute atomic E-state index is 0.0726. The van der Waals surface area contributed by atoms with E-state index in [-0.39, 0.29) is 6.01 Å². The van der Waals surface area contributed by atoms with Gasteiger partial charge in [-0.25, -0.2) is 0 Å². The van der Waals surface area contributed by atoms with Gasteiger partial charge in [-0.2, -0.15) is 0 Å². The molecule has 1 aliphatic heterocycles. The minimum Gasteiger partial charge on any atom is -0.492 e. The SMILES string of the molecule is Nc1nnc(-c2cccc3c2OCCC3)o1. The number of nitrogens with two attached hydrogens (primary N) is 1. The van der Waals surface area contributed by atoms with E-state index >= 15 is 0 Å². The molecule has 3 rings (SSSR count). The number of ether oxygens (including phenoxy) is 1. The summed E-state index contributed by atoms with van der Waals surface area (Å²) < 4.78 is 10.9. The zero-order valence-corrected chi connectivity index (χ0v) is 8.64. The first-order valence-corrected chi connectivity index (χ1v) is 5.18. The lowest BCUT2D eigenvalue weighted by Gasteiger charge is -2.18. The summed E-state index contributed by atoms with van der Waals surface area (Å²) in [5.41, 5.74) is 7.41. The molecule has 0 radical (unpaired) electrons. The average Bonchev–Trinajstić information content (AvgIpc) is 2.75. The van der Waals surface area contributed by atoms with Gasteiger partial charge in [0.25, 0.3) is 5.89 Å². The summed E-state index contributed by atoms with van der Waals surface area (Å²) in [7, 11) is 0. The van der Waals surface area contributed by atoms with Crippen molar-refractivity contribution in [1.29, 1.82) is 0 Å². The van der Waals surface area contributed by atoms with Crippen LogP contribution in [-0.2, 0) is 6.42 Å². The highest BCUT2D eigenvalue weighted by molar-refractivity contribution is 5.65. The van der Waals surface area contributed by atoms with Gasteiger partial charge in [-0.3, -0.25) is 0 Å². The van der Waals surface area contributed by atoms with E-state index in [2.05, 4.69) is 16.3 Å². The Labute approximate surface area is 92.2 Å². The van der Waals surface area contributed by atoms with E-state index in [9.17, 15) is 0 Å². The van der Waals surface area contributed by atoms with Gasteiger partial charge in [-0.05, 0) is 24.5 Å². The summed E-state index contributed by atoms with van der Waals surface area (Å²) in [6.07, 6.45) is 2.06. The molecule has 0 atom stereocenters. The van der Waals surface area contributed by atoms with E-state index in [1.807, 2.05) is 12.1 Å². The van der Waals surface area contributed by atoms with Crippen LogP contribution in [-0.4, -0.2) is 16.8 Å². The highest BCUT2D eigenvalue weighted by atomic mass is 16.5. The number of fused-ring (bicyclic) bond motifs is 1. The summed E-state index contributed by atoms with van der Waals surface area (Å²) >= 11 is 0. The molecule has 16 heavy (non-hydrogen) atoms. The molecular weight excluding hydrogens is 206 g/mol. The second-order valence-corrected chi connectivity index (χ2v) is 3.69. The van der Waals surface area contributed by atoms with Crippen LogP contribution in [0.5, 0.6) is 5.75 Å². The lowest BCUT2D eigenvalue weighted by Crippen LogP contribution is -2.09. The molecule has 0 unspecified atom stereocenters. The van der Waals surface area contributed by atoms with E-state index < -0.39 is 0 Å². The van der Waals surface area contributed by atoms with Gasteiger partial charge in [0.05, 0.1) is 12.2 Å². The van der Waals surface area contributed by atoms with Crippen molar-refractivity contribution < 1.29 is 9.15 Å². The van der Waals surface area contributed by atoms with E-state index in [0.717, 1.165) is 30.8 Å². The van der Waals surface area contributed by atoms with Crippen LogP contribution in [0.25, 0.3) is 11.5 Å². The van der Waals surface area contributed by atoms with Gasteiger partial charge in [0.15, 0.2) is 0 Å². The third-order valence-corrected chi connectivity index (χ3v) is 2.60. The zero-order valence-electron chi connectivity index (χ0n) is 8.64. The van der Waals surface area contributed by atoms with Gasteiger partial charge >= 0.3 is 6.01 Å². The van der Waals surface area contributed by atoms with Gasteiger partial charge in [-0.15, -0.1) is 5.10 Å². The number of nitrogens with zero attached hydrogens (tertiary/aromatic N) is 2. The number of para-hydroxylation sites is 1. The Kier molecular flexibility index (Phi) is 2.02. The maximum Gasteiger partial charge on any atom is 0.313 e. The second kappa shape index (κ2) is 3.52. The van der Waals surface area contributed by atoms with Gasteiger partial charge in [-0.1, -0.05) is 17.2 Å². The maximum absolute atomic E-state index is 5.65. The number of hydrogen-bond acceptors (Lipinski definition) is 5. The van der Waals surface area contributed by atoms with Gasteiger partial charge < -0.3 is 14.9 Å². The summed E-state index contributed by atoms with van der Waals surface area (Å²) in [4.78, 5) is 0. The molecule has 0 saturated carbocycles. The predicted octanol–water partition coefficient (Wildman–Crippen LogP) is 1.64. The average molecular weight is 217 g/mol. The number of nitrogen functional groups attached to an aromatic ring is 1. The highest BCUT2D eigenvalue weighted by Gasteiger charge is 2.18. The number of rotatable bonds is 1. The van der Waals surface area contributed by atoms with Gasteiger partial charge in [0.1, 0.15) is 5.75 Å². The van der Waals surface area contributed by atoms with Crippen LogP contribution >= 0.6 is 0 Å². The topological polar surface area (TPSA) is 74.2 Å². The van der Waals surface area contributed by atoms with Crippen LogP contribution in [0.2, 0.25) is 0 Å². The predicted molar refractivity (Wildman–Crippen MR) is 58.0 cm³/mol. The molecule has 0 fully saturated rings. The minimum atomic E-state index is 0.0726. The Hall–Kier alpha value is -2.04. The second-order valence-electron chi connectivity index (χ2n) is 3.69. The maximum atomic E-state index is 5.65. The Morgan fingerprint density at radius 2 is 2.19 bits per heavy atom. The van der Waals surface area contributed by atoms with Crippen molar-refractivity contribution in [2.45, 2.75) is 12.8 Å². The molecule has 2 aromatic rings. The van der Waals surface area contributed by atoms with Gasteiger partial charge in [0.2, 0.25) is 0 Å². The van der Waals surface area contributed by atoms with Gasteiger partial charge in [0, 0.05) is 0 Å². The lowest BCUT2D eigenvalue weighted by molar-refractivity contribution is 0.289. The van der Waals surface area contributed by atoms with E-state index in [1.165, 1.54) is 5.56 Å². The Morgan fingerprint density at radius 3 is 3.00 bits per heavy atom. The standard InChI is InChI=1S/C11H11N3O2/c12-11-14-13-10(16-11)8-5-1-3-7-4-2-6-15-9(7)8/h1,3,5H,2,4,6H2,(H2,12,14). The largest absolute Gasteiger partial charge is 0.492 e. The highest BCUT2D eigenvalue weighted by Crippen LogP contribution is 2.35. The van der Waals surface area contributed by atoms with Crippen LogP contribution in [0.15, 0.2) is 22.6 Å². The molecule has 82 valence electrons. The molecule has 0 saturated heterocycles. The number of hydrogen-bond donors (Lipinski definition) is 1. The van der Waals surface area contributed by atoms with Crippen molar-refractivity contribution in [1.82, 2.24) is 10.2 Å². The van der Waals surface area contributed by atoms with E-state index in [0.29, 0.717) is 5.89 Å². The molecule has 0 amide bonds. The van der Waals surface area contributed by atoms with E-state index in [4.69, 9.17) is 14.9 Å². The Balaban J connectivity index is 2.13. The summed E-state index contributed by atoms with van der Waals surface area (Å²) in [6, 6.07) is 5.99. The molecule has 0 spiro atoms. The van der Waals surface area contributed by atoms with Crippen LogP contribution in [0, 0.1) is 0 Å². The molecule has 1 aliphatic rings. The molecule has 1 aromatic heterocycles. The zero-order chi connectivity index (χ0) is 11.0. The first-order valence-electron chi connectivity index (χ1n) is 5.18. The third kappa shape index (κ3) is 1.41. The molecule has 5 heteroatoms. The smallest absolute Gasteiger partial charge is 0.313 e. The van der Waals surface area contributed by atoms with Crippen molar-refractivity contribution in [3.05, 3.63) is 23.8 Å². The first kappa shape index (κ1) is 9.21. The van der Waals surface area contributed by atoms with Crippen LogP contribution < -0.4 is 10.5 Å². The molecule has 0 aliphatic carbocycles. The molecule has 0 bridgehead atoms. The van der Waals surface area contributed by atoms with Crippen molar-refractivity contribution >= 4 is 6.01 Å². The quantitative estimate of drug-likeness (QED) is 0.786. The monoisotopic (exact) mass is 217 g/mol.